The monoisotopic (exact) mass is 323 g/mol. The van der Waals surface area contributed by atoms with Gasteiger partial charge in [0, 0.05) is 18.8 Å². The average Bonchev–Trinajstić information content (AvgIpc) is 2.53. The van der Waals surface area contributed by atoms with Gasteiger partial charge in [0.15, 0.2) is 0 Å². The van der Waals surface area contributed by atoms with Crippen LogP contribution >= 0.6 is 0 Å². The van der Waals surface area contributed by atoms with Gasteiger partial charge in [0.1, 0.15) is 5.82 Å². The molecule has 1 aliphatic heterocycles. The number of urea groups is 1. The van der Waals surface area contributed by atoms with E-state index in [4.69, 9.17) is 0 Å². The Labute approximate surface area is 135 Å². The average molecular weight is 323 g/mol. The Balaban J connectivity index is 1.74. The van der Waals surface area contributed by atoms with Crippen LogP contribution in [0, 0.1) is 11.7 Å². The molecule has 0 spiro atoms. The normalized spacial score (nSPS) is 18.3. The first-order valence-corrected chi connectivity index (χ1v) is 7.66. The number of halogens is 1. The zero-order chi connectivity index (χ0) is 16.7. The highest BCUT2D eigenvalue weighted by molar-refractivity contribution is 5.89. The second-order valence-electron chi connectivity index (χ2n) is 5.66. The lowest BCUT2D eigenvalue weighted by Crippen LogP contribution is -2.43. The zero-order valence-electron chi connectivity index (χ0n) is 13.2. The Morgan fingerprint density at radius 2 is 2.26 bits per heavy atom. The van der Waals surface area contributed by atoms with Gasteiger partial charge in [-0.25, -0.2) is 9.18 Å². The molecule has 23 heavy (non-hydrogen) atoms. The summed E-state index contributed by atoms with van der Waals surface area (Å²) >= 11 is 0. The summed E-state index contributed by atoms with van der Waals surface area (Å²) in [6.45, 7) is 2.40. The standard InChI is InChI=1S/C16H22FN3O3/c1-23-15(21)11-20-7-3-4-12(10-20)9-18-16(22)19-14-6-2-5-13(17)8-14/h2,5-6,8,12H,3-4,7,9-11H2,1H3,(H2,18,19,22). The second kappa shape index (κ2) is 8.47. The number of piperidine rings is 1. The number of ether oxygens (including phenoxy) is 1. The van der Waals surface area contributed by atoms with Crippen LogP contribution in [0.15, 0.2) is 24.3 Å². The third kappa shape index (κ3) is 5.86. The van der Waals surface area contributed by atoms with Gasteiger partial charge in [-0.15, -0.1) is 0 Å². The molecular weight excluding hydrogens is 301 g/mol. The fourth-order valence-corrected chi connectivity index (χ4v) is 2.69. The minimum absolute atomic E-state index is 0.248. The number of amides is 2. The van der Waals surface area contributed by atoms with E-state index in [0.29, 0.717) is 12.2 Å². The van der Waals surface area contributed by atoms with E-state index in [2.05, 4.69) is 15.4 Å². The molecule has 1 aliphatic rings. The minimum atomic E-state index is -0.395. The number of anilines is 1. The van der Waals surface area contributed by atoms with Crippen molar-refractivity contribution in [1.82, 2.24) is 10.2 Å². The van der Waals surface area contributed by atoms with E-state index >= 15 is 0 Å². The molecule has 6 nitrogen and oxygen atoms in total. The number of hydrogen-bond acceptors (Lipinski definition) is 4. The van der Waals surface area contributed by atoms with Gasteiger partial charge in [0.05, 0.1) is 13.7 Å². The van der Waals surface area contributed by atoms with Crippen LogP contribution in [-0.4, -0.2) is 50.2 Å². The number of carbonyl (C=O) groups is 2. The molecule has 2 amide bonds. The Morgan fingerprint density at radius 3 is 3.00 bits per heavy atom. The van der Waals surface area contributed by atoms with Crippen molar-refractivity contribution < 1.29 is 18.7 Å². The molecule has 2 N–H and O–H groups in total. The topological polar surface area (TPSA) is 70.7 Å². The first-order valence-electron chi connectivity index (χ1n) is 7.66. The summed E-state index contributed by atoms with van der Waals surface area (Å²) in [5.41, 5.74) is 0.415. The van der Waals surface area contributed by atoms with Crippen molar-refractivity contribution in [2.24, 2.45) is 5.92 Å². The molecule has 0 saturated carbocycles. The molecular formula is C16H22FN3O3. The maximum atomic E-state index is 13.1. The quantitative estimate of drug-likeness (QED) is 0.811. The van der Waals surface area contributed by atoms with Crippen LogP contribution in [0.5, 0.6) is 0 Å². The lowest BCUT2D eigenvalue weighted by atomic mass is 9.98. The smallest absolute Gasteiger partial charge is 0.319 e. The summed E-state index contributed by atoms with van der Waals surface area (Å²) in [6.07, 6.45) is 1.98. The highest BCUT2D eigenvalue weighted by Gasteiger charge is 2.22. The maximum absolute atomic E-state index is 13.1. The van der Waals surface area contributed by atoms with E-state index in [1.807, 2.05) is 4.90 Å². The van der Waals surface area contributed by atoms with Crippen molar-refractivity contribution in [3.63, 3.8) is 0 Å². The molecule has 1 fully saturated rings. The van der Waals surface area contributed by atoms with Crippen LogP contribution in [0.1, 0.15) is 12.8 Å². The predicted molar refractivity (Wildman–Crippen MR) is 84.6 cm³/mol. The zero-order valence-corrected chi connectivity index (χ0v) is 13.2. The number of rotatable bonds is 5. The van der Waals surface area contributed by atoms with E-state index < -0.39 is 5.82 Å². The van der Waals surface area contributed by atoms with E-state index in [0.717, 1.165) is 25.9 Å². The van der Waals surface area contributed by atoms with Crippen molar-refractivity contribution in [2.45, 2.75) is 12.8 Å². The summed E-state index contributed by atoms with van der Waals surface area (Å²) in [5.74, 6) is -0.359. The first kappa shape index (κ1) is 17.2. The van der Waals surface area contributed by atoms with Gasteiger partial charge in [-0.05, 0) is 43.5 Å². The van der Waals surface area contributed by atoms with Crippen LogP contribution in [0.2, 0.25) is 0 Å². The molecule has 1 saturated heterocycles. The number of nitrogens with one attached hydrogen (secondary N) is 2. The third-order valence-electron chi connectivity index (χ3n) is 3.82. The molecule has 0 bridgehead atoms. The molecule has 1 atom stereocenters. The van der Waals surface area contributed by atoms with Gasteiger partial charge in [-0.2, -0.15) is 0 Å². The number of hydrogen-bond donors (Lipinski definition) is 2. The SMILES string of the molecule is COC(=O)CN1CCCC(CNC(=O)Nc2cccc(F)c2)C1. The summed E-state index contributed by atoms with van der Waals surface area (Å²) in [6, 6.07) is 5.39. The number of methoxy groups -OCH3 is 1. The number of benzene rings is 1. The summed E-state index contributed by atoms with van der Waals surface area (Å²) in [4.78, 5) is 25.2. The molecule has 1 heterocycles. The molecule has 0 aromatic heterocycles. The molecule has 0 aliphatic carbocycles. The Bertz CT molecular complexity index is 553. The fourth-order valence-electron chi connectivity index (χ4n) is 2.69. The van der Waals surface area contributed by atoms with Crippen molar-refractivity contribution in [2.75, 3.05) is 38.6 Å². The van der Waals surface area contributed by atoms with E-state index in [-0.39, 0.29) is 24.5 Å². The highest BCUT2D eigenvalue weighted by Crippen LogP contribution is 2.15. The van der Waals surface area contributed by atoms with Crippen LogP contribution < -0.4 is 10.6 Å². The Kier molecular flexibility index (Phi) is 6.34. The van der Waals surface area contributed by atoms with Gasteiger partial charge in [-0.3, -0.25) is 9.69 Å². The van der Waals surface area contributed by atoms with Gasteiger partial charge in [0.25, 0.3) is 0 Å². The van der Waals surface area contributed by atoms with Gasteiger partial charge >= 0.3 is 12.0 Å². The van der Waals surface area contributed by atoms with Gasteiger partial charge in [0.2, 0.25) is 0 Å². The first-order chi connectivity index (χ1) is 11.1. The molecule has 126 valence electrons. The number of likely N-dealkylation sites (tertiary alicyclic amines) is 1. The number of nitrogens with zero attached hydrogens (tertiary/aromatic N) is 1. The second-order valence-corrected chi connectivity index (χ2v) is 5.66. The van der Waals surface area contributed by atoms with Crippen LogP contribution in [0.3, 0.4) is 0 Å². The van der Waals surface area contributed by atoms with Crippen LogP contribution in [0.25, 0.3) is 0 Å². The van der Waals surface area contributed by atoms with E-state index in [1.165, 1.54) is 25.3 Å². The van der Waals surface area contributed by atoms with Gasteiger partial charge < -0.3 is 15.4 Å². The van der Waals surface area contributed by atoms with Crippen molar-refractivity contribution in [3.8, 4) is 0 Å². The van der Waals surface area contributed by atoms with Crippen LogP contribution in [-0.2, 0) is 9.53 Å². The molecule has 7 heteroatoms. The maximum Gasteiger partial charge on any atom is 0.319 e. The van der Waals surface area contributed by atoms with E-state index in [9.17, 15) is 14.0 Å². The minimum Gasteiger partial charge on any atom is -0.468 e. The molecule has 1 aromatic carbocycles. The fraction of sp³-hybridized carbons (Fsp3) is 0.500. The Morgan fingerprint density at radius 1 is 1.43 bits per heavy atom. The van der Waals surface area contributed by atoms with E-state index in [1.54, 1.807) is 6.07 Å². The molecule has 1 unspecified atom stereocenters. The number of carbonyl (C=O) groups excluding carboxylic acids is 2. The summed E-state index contributed by atoms with van der Waals surface area (Å²) < 4.78 is 17.7. The lowest BCUT2D eigenvalue weighted by molar-refractivity contribution is -0.142. The molecule has 1 aromatic rings. The predicted octanol–water partition coefficient (Wildman–Crippen LogP) is 1.83. The van der Waals surface area contributed by atoms with Crippen molar-refractivity contribution in [3.05, 3.63) is 30.1 Å². The Hall–Kier alpha value is -2.15. The highest BCUT2D eigenvalue weighted by atomic mass is 19.1. The number of esters is 1. The third-order valence-corrected chi connectivity index (χ3v) is 3.82. The molecule has 0 radical (unpaired) electrons. The summed E-state index contributed by atoms with van der Waals surface area (Å²) in [5, 5.41) is 5.39. The van der Waals surface area contributed by atoms with Crippen LogP contribution in [0.4, 0.5) is 14.9 Å². The molecule has 2 rings (SSSR count). The van der Waals surface area contributed by atoms with Crippen molar-refractivity contribution >= 4 is 17.7 Å². The van der Waals surface area contributed by atoms with Crippen molar-refractivity contribution in [1.29, 1.82) is 0 Å². The van der Waals surface area contributed by atoms with Gasteiger partial charge in [-0.1, -0.05) is 6.07 Å². The lowest BCUT2D eigenvalue weighted by Gasteiger charge is -2.31. The largest absolute Gasteiger partial charge is 0.468 e. The summed E-state index contributed by atoms with van der Waals surface area (Å²) in [7, 11) is 1.38.